The van der Waals surface area contributed by atoms with Crippen LogP contribution in [-0.4, -0.2) is 34.5 Å². The predicted molar refractivity (Wildman–Crippen MR) is 172 cm³/mol. The number of benzene rings is 2. The lowest BCUT2D eigenvalue weighted by Crippen LogP contribution is -2.29. The van der Waals surface area contributed by atoms with Gasteiger partial charge in [0.2, 0.25) is 0 Å². The summed E-state index contributed by atoms with van der Waals surface area (Å²) in [5.41, 5.74) is 4.10. The number of Topliss-reactive ketones (excluding diaryl/α,β-unsaturated/α-hetero) is 3. The zero-order chi connectivity index (χ0) is 29.5. The zero-order valence-corrected chi connectivity index (χ0v) is 26.1. The maximum absolute atomic E-state index is 11.1. The number of thiophene rings is 3. The van der Waals surface area contributed by atoms with Gasteiger partial charge in [-0.1, -0.05) is 60.7 Å². The first-order valence-corrected chi connectivity index (χ1v) is 15.4. The Morgan fingerprint density at radius 3 is 1.55 bits per heavy atom. The molecule has 0 atom stereocenters. The molecule has 0 saturated heterocycles. The van der Waals surface area contributed by atoms with Gasteiger partial charge in [-0.25, -0.2) is 0 Å². The second-order valence-electron chi connectivity index (χ2n) is 8.17. The lowest BCUT2D eigenvalue weighted by Gasteiger charge is -1.94. The van der Waals surface area contributed by atoms with Crippen LogP contribution >= 0.6 is 49.9 Å². The summed E-state index contributed by atoms with van der Waals surface area (Å²) in [5, 5.41) is 24.7. The summed E-state index contributed by atoms with van der Waals surface area (Å²) in [4.78, 5) is 33.4. The van der Waals surface area contributed by atoms with Gasteiger partial charge in [-0.15, -0.1) is 22.7 Å². The summed E-state index contributed by atoms with van der Waals surface area (Å²) in [6, 6.07) is 24.4. The van der Waals surface area contributed by atoms with Crippen molar-refractivity contribution in [3.63, 3.8) is 0 Å². The van der Waals surface area contributed by atoms with Crippen LogP contribution in [0.2, 0.25) is 0 Å². The lowest BCUT2D eigenvalue weighted by molar-refractivity contribution is 0.101. The highest BCUT2D eigenvalue weighted by Gasteiger charge is 2.07. The molecule has 2 aromatic carbocycles. The number of rotatable bonds is 5. The smallest absolute Gasteiger partial charge is 0.423 e. The molecule has 0 saturated carbocycles. The predicted octanol–water partition coefficient (Wildman–Crippen LogP) is 7.65. The van der Waals surface area contributed by atoms with Crippen molar-refractivity contribution in [1.82, 2.24) is 0 Å². The van der Waals surface area contributed by atoms with Crippen molar-refractivity contribution < 1.29 is 24.4 Å². The van der Waals surface area contributed by atoms with Crippen LogP contribution < -0.4 is 5.46 Å². The summed E-state index contributed by atoms with van der Waals surface area (Å²) >= 11 is 7.95. The Morgan fingerprint density at radius 2 is 1.20 bits per heavy atom. The Kier molecular flexibility index (Phi) is 14.7. The number of carbonyl (C=O) groups is 3. The molecule has 40 heavy (non-hydrogen) atoms. The van der Waals surface area contributed by atoms with Gasteiger partial charge in [-0.05, 0) is 71.3 Å². The van der Waals surface area contributed by atoms with Gasteiger partial charge >= 0.3 is 7.12 Å². The molecule has 0 aliphatic rings. The van der Waals surface area contributed by atoms with Crippen LogP contribution in [0.1, 0.15) is 51.8 Å². The molecule has 0 amide bonds. The molecule has 5 rings (SSSR count). The first-order valence-electron chi connectivity index (χ1n) is 11.9. The molecule has 10 heteroatoms. The van der Waals surface area contributed by atoms with E-state index in [0.29, 0.717) is 5.46 Å². The SMILES string of the molecule is CC(=O)c1ccsc1.CC(=O)c1csc(-c2ccccc2)c1.CC(=O)c1csc(Br)c1.OB(O)c1ccccc1. The first-order chi connectivity index (χ1) is 19.1. The molecule has 0 unspecified atom stereocenters. The number of hydrogen-bond acceptors (Lipinski definition) is 8. The number of carbonyl (C=O) groups excluding carboxylic acids is 3. The highest BCUT2D eigenvalue weighted by molar-refractivity contribution is 9.11. The van der Waals surface area contributed by atoms with E-state index in [4.69, 9.17) is 10.0 Å². The topological polar surface area (TPSA) is 91.7 Å². The van der Waals surface area contributed by atoms with E-state index in [9.17, 15) is 14.4 Å². The molecule has 0 aliphatic carbocycles. The van der Waals surface area contributed by atoms with Crippen LogP contribution in [0.15, 0.2) is 104 Å². The van der Waals surface area contributed by atoms with E-state index in [2.05, 4.69) is 28.1 Å². The molecule has 0 spiro atoms. The molecule has 206 valence electrons. The third-order valence-electron chi connectivity index (χ3n) is 5.06. The fourth-order valence-corrected chi connectivity index (χ4v) is 5.70. The normalized spacial score (nSPS) is 9.55. The van der Waals surface area contributed by atoms with Crippen molar-refractivity contribution in [1.29, 1.82) is 0 Å². The second kappa shape index (κ2) is 17.7. The van der Waals surface area contributed by atoms with Crippen LogP contribution in [-0.2, 0) is 0 Å². The van der Waals surface area contributed by atoms with Crippen LogP contribution in [0.25, 0.3) is 10.4 Å². The summed E-state index contributed by atoms with van der Waals surface area (Å²) in [7, 11) is -1.34. The number of halogens is 1. The molecule has 3 aromatic heterocycles. The van der Waals surface area contributed by atoms with Crippen LogP contribution in [0.5, 0.6) is 0 Å². The fourth-order valence-electron chi connectivity index (χ4n) is 2.86. The van der Waals surface area contributed by atoms with E-state index in [0.717, 1.165) is 25.4 Å². The quantitative estimate of drug-likeness (QED) is 0.150. The summed E-state index contributed by atoms with van der Waals surface area (Å²) < 4.78 is 1.01. The van der Waals surface area contributed by atoms with E-state index in [1.54, 1.807) is 67.7 Å². The van der Waals surface area contributed by atoms with Crippen molar-refractivity contribution in [2.24, 2.45) is 0 Å². The fraction of sp³-hybridized carbons (Fsp3) is 0.100. The van der Waals surface area contributed by atoms with Crippen molar-refractivity contribution in [2.75, 3.05) is 0 Å². The Bertz CT molecular complexity index is 1460. The largest absolute Gasteiger partial charge is 0.488 e. The Hall–Kier alpha value is -2.99. The highest BCUT2D eigenvalue weighted by Crippen LogP contribution is 2.27. The second-order valence-corrected chi connectivity index (χ2v) is 12.2. The lowest BCUT2D eigenvalue weighted by atomic mass is 9.81. The number of ketones is 3. The maximum Gasteiger partial charge on any atom is 0.488 e. The Morgan fingerprint density at radius 1 is 0.675 bits per heavy atom. The molecule has 0 aliphatic heterocycles. The van der Waals surface area contributed by atoms with Gasteiger partial charge in [0.15, 0.2) is 17.3 Å². The van der Waals surface area contributed by atoms with Crippen molar-refractivity contribution in [3.05, 3.63) is 121 Å². The Balaban J connectivity index is 0.000000192. The zero-order valence-electron chi connectivity index (χ0n) is 22.1. The van der Waals surface area contributed by atoms with E-state index in [-0.39, 0.29) is 17.3 Å². The minimum absolute atomic E-state index is 0.122. The molecule has 5 aromatic rings. The summed E-state index contributed by atoms with van der Waals surface area (Å²) in [5.74, 6) is 0.395. The molecular weight excluding hydrogens is 627 g/mol. The van der Waals surface area contributed by atoms with Gasteiger partial charge in [0.1, 0.15) is 0 Å². The van der Waals surface area contributed by atoms with Crippen molar-refractivity contribution >= 4 is 79.9 Å². The molecule has 3 heterocycles. The minimum atomic E-state index is -1.34. The van der Waals surface area contributed by atoms with Gasteiger partial charge in [-0.2, -0.15) is 11.3 Å². The van der Waals surface area contributed by atoms with Gasteiger partial charge in [0.05, 0.1) is 3.79 Å². The van der Waals surface area contributed by atoms with E-state index < -0.39 is 7.12 Å². The standard InChI is InChI=1S/C12H10OS.C6H7BO2.C6H5BrOS.C6H6OS/c1-9(13)11-7-12(14-8-11)10-5-3-2-4-6-10;8-7(9)6-4-2-1-3-5-6;1-4(8)5-2-6(7)9-3-5;1-5(7)6-2-3-8-4-6/h2-8H,1H3;1-5,8-9H;2-3H,1H3;2-4H,1H3. The van der Waals surface area contributed by atoms with Crippen LogP contribution in [0.4, 0.5) is 0 Å². The van der Waals surface area contributed by atoms with E-state index in [1.807, 2.05) is 64.0 Å². The monoisotopic (exact) mass is 654 g/mol. The van der Waals surface area contributed by atoms with Gasteiger partial charge in [-0.3, -0.25) is 14.4 Å². The van der Waals surface area contributed by atoms with Gasteiger partial charge < -0.3 is 10.0 Å². The minimum Gasteiger partial charge on any atom is -0.423 e. The van der Waals surface area contributed by atoms with Crippen LogP contribution in [0.3, 0.4) is 0 Å². The summed E-state index contributed by atoms with van der Waals surface area (Å²) in [6.45, 7) is 4.73. The highest BCUT2D eigenvalue weighted by atomic mass is 79.9. The third kappa shape index (κ3) is 12.0. The molecule has 0 radical (unpaired) electrons. The van der Waals surface area contributed by atoms with Crippen molar-refractivity contribution in [2.45, 2.75) is 20.8 Å². The van der Waals surface area contributed by atoms with Crippen LogP contribution in [0, 0.1) is 0 Å². The molecule has 0 bridgehead atoms. The van der Waals surface area contributed by atoms with E-state index in [1.165, 1.54) is 16.9 Å². The molecule has 5 nitrogen and oxygen atoms in total. The Labute approximate surface area is 255 Å². The number of hydrogen-bond donors (Lipinski definition) is 2. The molecular formula is C30H28BBrO5S3. The van der Waals surface area contributed by atoms with E-state index >= 15 is 0 Å². The van der Waals surface area contributed by atoms with Gasteiger partial charge in [0, 0.05) is 37.7 Å². The van der Waals surface area contributed by atoms with Gasteiger partial charge in [0.25, 0.3) is 0 Å². The maximum atomic E-state index is 11.1. The molecule has 0 fully saturated rings. The average Bonchev–Trinajstić information content (AvgIpc) is 3.73. The first kappa shape index (κ1) is 33.2. The van der Waals surface area contributed by atoms with Crippen molar-refractivity contribution in [3.8, 4) is 10.4 Å². The summed E-state index contributed by atoms with van der Waals surface area (Å²) in [6.07, 6.45) is 0. The average molecular weight is 655 g/mol. The third-order valence-corrected chi connectivity index (χ3v) is 8.23. The molecule has 2 N–H and O–H groups in total.